The lowest BCUT2D eigenvalue weighted by Crippen LogP contribution is -2.00. The molecule has 0 spiro atoms. The SMILES string of the molecule is CCCCc1ccc(OCc2cc(-c3ccccc3)c(OC)c(-c3ccccc3)c2)cc1. The molecule has 0 heterocycles. The summed E-state index contributed by atoms with van der Waals surface area (Å²) in [4.78, 5) is 0. The van der Waals surface area contributed by atoms with E-state index in [1.165, 1.54) is 18.4 Å². The predicted octanol–water partition coefficient (Wildman–Crippen LogP) is 7.95. The third-order valence-corrected chi connectivity index (χ3v) is 5.67. The summed E-state index contributed by atoms with van der Waals surface area (Å²) in [6.45, 7) is 2.72. The van der Waals surface area contributed by atoms with E-state index in [0.717, 1.165) is 45.7 Å². The van der Waals surface area contributed by atoms with Crippen LogP contribution in [0.3, 0.4) is 0 Å². The van der Waals surface area contributed by atoms with E-state index in [4.69, 9.17) is 9.47 Å². The molecule has 2 nitrogen and oxygen atoms in total. The highest BCUT2D eigenvalue weighted by Gasteiger charge is 2.15. The maximum absolute atomic E-state index is 6.17. The van der Waals surface area contributed by atoms with Gasteiger partial charge in [0, 0.05) is 11.1 Å². The van der Waals surface area contributed by atoms with E-state index >= 15 is 0 Å². The van der Waals surface area contributed by atoms with Gasteiger partial charge in [-0.25, -0.2) is 0 Å². The standard InChI is InChI=1S/C30H30O2/c1-3-4-11-23-16-18-27(19-17-23)32-22-24-20-28(25-12-7-5-8-13-25)30(31-2)29(21-24)26-14-9-6-10-15-26/h5-10,12-21H,3-4,11,22H2,1-2H3. The maximum Gasteiger partial charge on any atom is 0.134 e. The van der Waals surface area contributed by atoms with Gasteiger partial charge in [0.1, 0.15) is 18.1 Å². The number of unbranched alkanes of at least 4 members (excludes halogenated alkanes) is 1. The van der Waals surface area contributed by atoms with Crippen molar-refractivity contribution in [2.75, 3.05) is 7.11 Å². The normalized spacial score (nSPS) is 10.7. The van der Waals surface area contributed by atoms with E-state index in [2.05, 4.69) is 91.9 Å². The summed E-state index contributed by atoms with van der Waals surface area (Å²) >= 11 is 0. The van der Waals surface area contributed by atoms with Crippen molar-refractivity contribution in [1.29, 1.82) is 0 Å². The molecule has 0 amide bonds. The summed E-state index contributed by atoms with van der Waals surface area (Å²) in [5.41, 5.74) is 6.87. The van der Waals surface area contributed by atoms with Gasteiger partial charge >= 0.3 is 0 Å². The van der Waals surface area contributed by atoms with Crippen LogP contribution in [0.5, 0.6) is 11.5 Å². The zero-order valence-electron chi connectivity index (χ0n) is 18.9. The van der Waals surface area contributed by atoms with E-state index < -0.39 is 0 Å². The van der Waals surface area contributed by atoms with E-state index in [-0.39, 0.29) is 0 Å². The van der Waals surface area contributed by atoms with Crippen LogP contribution in [0.2, 0.25) is 0 Å². The predicted molar refractivity (Wildman–Crippen MR) is 133 cm³/mol. The monoisotopic (exact) mass is 422 g/mol. The summed E-state index contributed by atoms with van der Waals surface area (Å²) in [6, 6.07) is 33.6. The second kappa shape index (κ2) is 10.7. The molecule has 4 aromatic rings. The molecule has 0 unspecified atom stereocenters. The van der Waals surface area contributed by atoms with Crippen LogP contribution in [0, 0.1) is 0 Å². The molecular weight excluding hydrogens is 392 g/mol. The molecule has 0 aromatic heterocycles. The molecule has 0 saturated heterocycles. The van der Waals surface area contributed by atoms with Gasteiger partial charge in [-0.2, -0.15) is 0 Å². The molecule has 0 radical (unpaired) electrons. The van der Waals surface area contributed by atoms with Gasteiger partial charge in [-0.1, -0.05) is 86.1 Å². The van der Waals surface area contributed by atoms with Crippen molar-refractivity contribution in [3.05, 3.63) is 108 Å². The molecule has 4 rings (SSSR count). The Morgan fingerprint density at radius 1 is 0.656 bits per heavy atom. The molecule has 0 bridgehead atoms. The first kappa shape index (κ1) is 21.7. The van der Waals surface area contributed by atoms with Crippen LogP contribution in [-0.2, 0) is 13.0 Å². The van der Waals surface area contributed by atoms with Crippen LogP contribution < -0.4 is 9.47 Å². The Bertz CT molecular complexity index is 1060. The number of aryl methyl sites for hydroxylation is 1. The zero-order chi connectivity index (χ0) is 22.2. The topological polar surface area (TPSA) is 18.5 Å². The summed E-state index contributed by atoms with van der Waals surface area (Å²) < 4.78 is 12.1. The van der Waals surface area contributed by atoms with Gasteiger partial charge in [0.2, 0.25) is 0 Å². The number of methoxy groups -OCH3 is 1. The second-order valence-corrected chi connectivity index (χ2v) is 7.99. The van der Waals surface area contributed by atoms with Gasteiger partial charge in [0.25, 0.3) is 0 Å². The van der Waals surface area contributed by atoms with Gasteiger partial charge in [-0.15, -0.1) is 0 Å². The van der Waals surface area contributed by atoms with Crippen LogP contribution in [-0.4, -0.2) is 7.11 Å². The first-order valence-electron chi connectivity index (χ1n) is 11.3. The highest BCUT2D eigenvalue weighted by atomic mass is 16.5. The highest BCUT2D eigenvalue weighted by molar-refractivity contribution is 5.83. The lowest BCUT2D eigenvalue weighted by Gasteiger charge is -2.17. The van der Waals surface area contributed by atoms with Crippen LogP contribution in [0.25, 0.3) is 22.3 Å². The number of rotatable bonds is 9. The summed E-state index contributed by atoms with van der Waals surface area (Å²) in [7, 11) is 1.74. The largest absolute Gasteiger partial charge is 0.495 e. The van der Waals surface area contributed by atoms with E-state index in [0.29, 0.717) is 6.61 Å². The Morgan fingerprint density at radius 2 is 1.22 bits per heavy atom. The molecule has 0 saturated carbocycles. The van der Waals surface area contributed by atoms with Gasteiger partial charge < -0.3 is 9.47 Å². The summed E-state index contributed by atoms with van der Waals surface area (Å²) in [5, 5.41) is 0. The van der Waals surface area contributed by atoms with Crippen molar-refractivity contribution in [2.24, 2.45) is 0 Å². The van der Waals surface area contributed by atoms with Crippen LogP contribution in [0.4, 0.5) is 0 Å². The molecule has 0 aliphatic heterocycles. The van der Waals surface area contributed by atoms with Crippen LogP contribution >= 0.6 is 0 Å². The maximum atomic E-state index is 6.17. The molecule has 2 heteroatoms. The molecular formula is C30H30O2. The van der Waals surface area contributed by atoms with Crippen LogP contribution in [0.15, 0.2) is 97.1 Å². The van der Waals surface area contributed by atoms with Crippen molar-refractivity contribution in [2.45, 2.75) is 32.8 Å². The minimum Gasteiger partial charge on any atom is -0.495 e. The van der Waals surface area contributed by atoms with Gasteiger partial charge in [-0.05, 0) is 59.4 Å². The number of ether oxygens (including phenoxy) is 2. The third kappa shape index (κ3) is 5.20. The van der Waals surface area contributed by atoms with Crippen molar-refractivity contribution in [3.63, 3.8) is 0 Å². The molecule has 4 aromatic carbocycles. The Kier molecular flexibility index (Phi) is 7.24. The Labute approximate surface area is 191 Å². The smallest absolute Gasteiger partial charge is 0.134 e. The first-order chi connectivity index (χ1) is 15.8. The minimum absolute atomic E-state index is 0.498. The van der Waals surface area contributed by atoms with Gasteiger partial charge in [0.05, 0.1) is 7.11 Å². The van der Waals surface area contributed by atoms with E-state index in [1.807, 2.05) is 12.1 Å². The molecule has 0 N–H and O–H groups in total. The van der Waals surface area contributed by atoms with Gasteiger partial charge in [0.15, 0.2) is 0 Å². The number of hydrogen-bond donors (Lipinski definition) is 0. The summed E-state index contributed by atoms with van der Waals surface area (Å²) in [5.74, 6) is 1.77. The molecule has 0 fully saturated rings. The third-order valence-electron chi connectivity index (χ3n) is 5.67. The highest BCUT2D eigenvalue weighted by Crippen LogP contribution is 2.40. The Balaban J connectivity index is 1.66. The second-order valence-electron chi connectivity index (χ2n) is 7.99. The lowest BCUT2D eigenvalue weighted by atomic mass is 9.94. The van der Waals surface area contributed by atoms with Crippen LogP contribution in [0.1, 0.15) is 30.9 Å². The summed E-state index contributed by atoms with van der Waals surface area (Å²) in [6.07, 6.45) is 3.55. The van der Waals surface area contributed by atoms with E-state index in [1.54, 1.807) is 7.11 Å². The molecule has 162 valence electrons. The number of benzene rings is 4. The van der Waals surface area contributed by atoms with Crippen molar-refractivity contribution < 1.29 is 9.47 Å². The Hall–Kier alpha value is -3.52. The van der Waals surface area contributed by atoms with Gasteiger partial charge in [-0.3, -0.25) is 0 Å². The zero-order valence-corrected chi connectivity index (χ0v) is 18.9. The first-order valence-corrected chi connectivity index (χ1v) is 11.3. The van der Waals surface area contributed by atoms with Crippen molar-refractivity contribution in [3.8, 4) is 33.8 Å². The fourth-order valence-electron chi connectivity index (χ4n) is 3.96. The Morgan fingerprint density at radius 3 is 1.72 bits per heavy atom. The fourth-order valence-corrected chi connectivity index (χ4v) is 3.96. The molecule has 0 aliphatic carbocycles. The fraction of sp³-hybridized carbons (Fsp3) is 0.200. The minimum atomic E-state index is 0.498. The average molecular weight is 423 g/mol. The lowest BCUT2D eigenvalue weighted by molar-refractivity contribution is 0.306. The molecule has 32 heavy (non-hydrogen) atoms. The van der Waals surface area contributed by atoms with E-state index in [9.17, 15) is 0 Å². The quantitative estimate of drug-likeness (QED) is 0.272. The molecule has 0 aliphatic rings. The number of hydrogen-bond acceptors (Lipinski definition) is 2. The molecule has 0 atom stereocenters. The van der Waals surface area contributed by atoms with Crippen molar-refractivity contribution in [1.82, 2.24) is 0 Å². The average Bonchev–Trinajstić information content (AvgIpc) is 2.87. The van der Waals surface area contributed by atoms with Crippen molar-refractivity contribution >= 4 is 0 Å².